The van der Waals surface area contributed by atoms with Crippen molar-refractivity contribution in [1.29, 1.82) is 0 Å². The van der Waals surface area contributed by atoms with Gasteiger partial charge in [0, 0.05) is 26.2 Å². The van der Waals surface area contributed by atoms with Crippen LogP contribution in [0.2, 0.25) is 0 Å². The van der Waals surface area contributed by atoms with Crippen molar-refractivity contribution < 1.29 is 4.79 Å². The molecule has 0 radical (unpaired) electrons. The van der Waals surface area contributed by atoms with Gasteiger partial charge in [-0.25, -0.2) is 10.8 Å². The van der Waals surface area contributed by atoms with E-state index in [9.17, 15) is 4.79 Å². The largest absolute Gasteiger partial charge is 0.368 e. The van der Waals surface area contributed by atoms with E-state index in [1.165, 1.54) is 0 Å². The highest BCUT2D eigenvalue weighted by atomic mass is 79.9. The Kier molecular flexibility index (Phi) is 4.93. The lowest BCUT2D eigenvalue weighted by molar-refractivity contribution is -0.120. The van der Waals surface area contributed by atoms with Crippen molar-refractivity contribution in [3.8, 4) is 0 Å². The number of hydrogen-bond acceptors (Lipinski definition) is 6. The highest BCUT2D eigenvalue weighted by molar-refractivity contribution is 9.10. The quantitative estimate of drug-likeness (QED) is 0.452. The average molecular weight is 289 g/mol. The lowest BCUT2D eigenvalue weighted by atomic mass is 10.4. The van der Waals surface area contributed by atoms with Gasteiger partial charge in [-0.05, 0) is 15.9 Å². The first kappa shape index (κ1) is 12.7. The third-order valence-corrected chi connectivity index (χ3v) is 2.38. The van der Waals surface area contributed by atoms with E-state index in [2.05, 4.69) is 42.0 Å². The Morgan fingerprint density at radius 2 is 2.38 bits per heavy atom. The topological polar surface area (TPSA) is 105 Å². The van der Waals surface area contributed by atoms with Gasteiger partial charge in [-0.3, -0.25) is 10.2 Å². The average Bonchev–Trinajstić information content (AvgIpc) is 2.31. The molecule has 0 aliphatic rings. The van der Waals surface area contributed by atoms with Crippen molar-refractivity contribution in [3.05, 3.63) is 10.7 Å². The molecule has 0 aliphatic heterocycles. The van der Waals surface area contributed by atoms with Crippen molar-refractivity contribution in [2.24, 2.45) is 5.84 Å². The molecule has 0 aromatic carbocycles. The summed E-state index contributed by atoms with van der Waals surface area (Å²) < 4.78 is 0.711. The zero-order valence-electron chi connectivity index (χ0n) is 8.75. The number of aromatic nitrogens is 2. The summed E-state index contributed by atoms with van der Waals surface area (Å²) in [6.07, 6.45) is 1.95. The molecule has 0 aliphatic carbocycles. The van der Waals surface area contributed by atoms with Crippen LogP contribution in [0.1, 0.15) is 6.42 Å². The van der Waals surface area contributed by atoms with E-state index in [4.69, 9.17) is 5.84 Å². The van der Waals surface area contributed by atoms with Crippen molar-refractivity contribution in [2.45, 2.75) is 6.42 Å². The first-order valence-corrected chi connectivity index (χ1v) is 5.40. The normalized spacial score (nSPS) is 9.69. The summed E-state index contributed by atoms with van der Waals surface area (Å²) in [4.78, 5) is 19.0. The fourth-order valence-corrected chi connectivity index (χ4v) is 1.31. The van der Waals surface area contributed by atoms with Crippen molar-refractivity contribution in [1.82, 2.24) is 15.3 Å². The Morgan fingerprint density at radius 3 is 3.00 bits per heavy atom. The monoisotopic (exact) mass is 288 g/mol. The first-order chi connectivity index (χ1) is 7.67. The van der Waals surface area contributed by atoms with Gasteiger partial charge in [0.05, 0.1) is 4.47 Å². The van der Waals surface area contributed by atoms with Crippen LogP contribution in [0.4, 0.5) is 11.8 Å². The van der Waals surface area contributed by atoms with Crippen LogP contribution in [-0.2, 0) is 4.79 Å². The van der Waals surface area contributed by atoms with Gasteiger partial charge in [0.25, 0.3) is 0 Å². The summed E-state index contributed by atoms with van der Waals surface area (Å²) in [5, 5.41) is 5.53. The van der Waals surface area contributed by atoms with Crippen LogP contribution < -0.4 is 21.9 Å². The number of carbonyl (C=O) groups excluding carboxylic acids is 1. The highest BCUT2D eigenvalue weighted by Gasteiger charge is 2.04. The smallest absolute Gasteiger partial charge is 0.239 e. The van der Waals surface area contributed by atoms with Gasteiger partial charge in [0.2, 0.25) is 11.9 Å². The molecular formula is C8H13BrN6O. The summed E-state index contributed by atoms with van der Waals surface area (Å²) in [7, 11) is 1.60. The maximum Gasteiger partial charge on any atom is 0.239 e. The first-order valence-electron chi connectivity index (χ1n) is 4.61. The number of nitrogens with two attached hydrogens (primary N) is 1. The standard InChI is InChI=1S/C8H13BrN6O/c1-11-6(16)2-3-12-7-5(9)4-13-8(14-7)15-10/h4H,2-3,10H2,1H3,(H,11,16)(H2,12,13,14,15). The zero-order valence-corrected chi connectivity index (χ0v) is 10.3. The summed E-state index contributed by atoms with van der Waals surface area (Å²) in [5.41, 5.74) is 2.34. The van der Waals surface area contributed by atoms with Crippen molar-refractivity contribution in [3.63, 3.8) is 0 Å². The number of hydrazine groups is 1. The molecule has 0 unspecified atom stereocenters. The number of nitrogens with one attached hydrogen (secondary N) is 3. The minimum Gasteiger partial charge on any atom is -0.368 e. The molecule has 8 heteroatoms. The lowest BCUT2D eigenvalue weighted by Gasteiger charge is -2.08. The number of carbonyl (C=O) groups is 1. The third-order valence-electron chi connectivity index (χ3n) is 1.80. The molecule has 1 aromatic heterocycles. The number of rotatable bonds is 5. The predicted molar refractivity (Wildman–Crippen MR) is 64.7 cm³/mol. The van der Waals surface area contributed by atoms with E-state index in [1.54, 1.807) is 13.2 Å². The van der Waals surface area contributed by atoms with E-state index >= 15 is 0 Å². The van der Waals surface area contributed by atoms with Gasteiger partial charge in [-0.2, -0.15) is 4.98 Å². The Morgan fingerprint density at radius 1 is 1.62 bits per heavy atom. The molecular weight excluding hydrogens is 276 g/mol. The third kappa shape index (κ3) is 3.63. The molecule has 0 saturated carbocycles. The predicted octanol–water partition coefficient (Wildman–Crippen LogP) is 0.0727. The SMILES string of the molecule is CNC(=O)CCNc1nc(NN)ncc1Br. The van der Waals surface area contributed by atoms with Gasteiger partial charge < -0.3 is 10.6 Å². The van der Waals surface area contributed by atoms with Crippen LogP contribution >= 0.6 is 15.9 Å². The van der Waals surface area contributed by atoms with Crippen LogP contribution in [0.15, 0.2) is 10.7 Å². The fraction of sp³-hybridized carbons (Fsp3) is 0.375. The van der Waals surface area contributed by atoms with E-state index in [0.717, 1.165) is 0 Å². The van der Waals surface area contributed by atoms with E-state index in [-0.39, 0.29) is 5.91 Å². The number of halogens is 1. The molecule has 7 nitrogen and oxygen atoms in total. The van der Waals surface area contributed by atoms with Gasteiger partial charge in [-0.15, -0.1) is 0 Å². The van der Waals surface area contributed by atoms with Crippen LogP contribution in [0.25, 0.3) is 0 Å². The van der Waals surface area contributed by atoms with E-state index < -0.39 is 0 Å². The molecule has 1 aromatic rings. The summed E-state index contributed by atoms with van der Waals surface area (Å²) >= 11 is 3.29. The molecule has 5 N–H and O–H groups in total. The minimum atomic E-state index is -0.0325. The molecule has 0 fully saturated rings. The molecule has 0 saturated heterocycles. The lowest BCUT2D eigenvalue weighted by Crippen LogP contribution is -2.21. The van der Waals surface area contributed by atoms with Crippen molar-refractivity contribution in [2.75, 3.05) is 24.3 Å². The molecule has 16 heavy (non-hydrogen) atoms. The van der Waals surface area contributed by atoms with Crippen molar-refractivity contribution >= 4 is 33.6 Å². The van der Waals surface area contributed by atoms with Crippen LogP contribution in [0.3, 0.4) is 0 Å². The van der Waals surface area contributed by atoms with Gasteiger partial charge in [-0.1, -0.05) is 0 Å². The van der Waals surface area contributed by atoms with E-state index in [0.29, 0.717) is 29.2 Å². The van der Waals surface area contributed by atoms with Crippen LogP contribution in [0.5, 0.6) is 0 Å². The summed E-state index contributed by atoms with van der Waals surface area (Å²) in [5.74, 6) is 6.05. The maximum atomic E-state index is 11.0. The molecule has 0 spiro atoms. The maximum absolute atomic E-state index is 11.0. The van der Waals surface area contributed by atoms with Crippen LogP contribution in [-0.4, -0.2) is 29.5 Å². The number of nitrogen functional groups attached to an aromatic ring is 1. The zero-order chi connectivity index (χ0) is 12.0. The molecule has 1 heterocycles. The molecule has 0 atom stereocenters. The molecule has 0 bridgehead atoms. The Bertz CT molecular complexity index is 372. The van der Waals surface area contributed by atoms with E-state index in [1.807, 2.05) is 0 Å². The molecule has 88 valence electrons. The number of amides is 1. The van der Waals surface area contributed by atoms with Gasteiger partial charge in [0.1, 0.15) is 5.82 Å². The highest BCUT2D eigenvalue weighted by Crippen LogP contribution is 2.19. The second-order valence-corrected chi connectivity index (χ2v) is 3.74. The number of anilines is 2. The molecule has 1 rings (SSSR count). The Hall–Kier alpha value is -1.41. The van der Waals surface area contributed by atoms with Crippen LogP contribution in [0, 0.1) is 0 Å². The minimum absolute atomic E-state index is 0.0325. The number of hydrogen-bond donors (Lipinski definition) is 4. The Labute approximate surface area is 101 Å². The molecule has 1 amide bonds. The van der Waals surface area contributed by atoms with Gasteiger partial charge in [0.15, 0.2) is 0 Å². The Balaban J connectivity index is 2.55. The second kappa shape index (κ2) is 6.23. The summed E-state index contributed by atoms with van der Waals surface area (Å²) in [6.45, 7) is 0.485. The van der Waals surface area contributed by atoms with Gasteiger partial charge >= 0.3 is 0 Å². The summed E-state index contributed by atoms with van der Waals surface area (Å²) in [6, 6.07) is 0. The number of nitrogens with zero attached hydrogens (tertiary/aromatic N) is 2. The fourth-order valence-electron chi connectivity index (χ4n) is 0.980. The second-order valence-electron chi connectivity index (χ2n) is 2.88.